The summed E-state index contributed by atoms with van der Waals surface area (Å²) in [7, 11) is 0. The number of hydrogen-bond donors (Lipinski definition) is 5. The topological polar surface area (TPSA) is 110 Å². The average Bonchev–Trinajstić information content (AvgIpc) is 2.82. The Bertz CT molecular complexity index is 1050. The normalized spacial score (nSPS) is 13.2. The second-order valence-electron chi connectivity index (χ2n) is 8.43. The summed E-state index contributed by atoms with van der Waals surface area (Å²) in [4.78, 5) is 11.9. The molecule has 0 heterocycles. The van der Waals surface area contributed by atoms with Crippen molar-refractivity contribution < 1.29 is 25.2 Å². The first kappa shape index (κ1) is 24.7. The van der Waals surface area contributed by atoms with Crippen molar-refractivity contribution in [3.63, 3.8) is 0 Å². The molecule has 176 valence electrons. The van der Waals surface area contributed by atoms with Gasteiger partial charge in [0.1, 0.15) is 5.75 Å². The molecular weight excluding hydrogens is 418 g/mol. The van der Waals surface area contributed by atoms with Crippen molar-refractivity contribution in [1.82, 2.24) is 5.32 Å². The van der Waals surface area contributed by atoms with Crippen LogP contribution in [0.15, 0.2) is 60.7 Å². The molecule has 0 amide bonds. The lowest BCUT2D eigenvalue weighted by atomic mass is 9.89. The zero-order valence-corrected chi connectivity index (χ0v) is 18.8. The van der Waals surface area contributed by atoms with Gasteiger partial charge in [-0.15, -0.1) is 0 Å². The van der Waals surface area contributed by atoms with Crippen LogP contribution in [0.3, 0.4) is 0 Å². The fourth-order valence-corrected chi connectivity index (χ4v) is 4.21. The van der Waals surface area contributed by atoms with Crippen LogP contribution in [0, 0.1) is 0 Å². The molecule has 6 heteroatoms. The molecule has 0 aliphatic heterocycles. The van der Waals surface area contributed by atoms with Crippen LogP contribution < -0.4 is 5.32 Å². The maximum atomic E-state index is 11.9. The predicted octanol–water partition coefficient (Wildman–Crippen LogP) is 4.48. The van der Waals surface area contributed by atoms with Gasteiger partial charge >= 0.3 is 5.97 Å². The van der Waals surface area contributed by atoms with Crippen molar-refractivity contribution >= 4 is 16.7 Å². The zero-order valence-electron chi connectivity index (χ0n) is 18.8. The highest BCUT2D eigenvalue weighted by atomic mass is 16.4. The van der Waals surface area contributed by atoms with Gasteiger partial charge in [0.2, 0.25) is 0 Å². The van der Waals surface area contributed by atoms with E-state index < -0.39 is 18.0 Å². The van der Waals surface area contributed by atoms with E-state index in [1.807, 2.05) is 42.5 Å². The largest absolute Gasteiger partial charge is 0.508 e. The smallest absolute Gasteiger partial charge is 0.310 e. The second-order valence-corrected chi connectivity index (χ2v) is 8.43. The quantitative estimate of drug-likeness (QED) is 0.245. The van der Waals surface area contributed by atoms with E-state index >= 15 is 0 Å². The lowest BCUT2D eigenvalue weighted by molar-refractivity contribution is -0.139. The number of phenols is 1. The number of aliphatic hydroxyl groups is 2. The van der Waals surface area contributed by atoms with Crippen LogP contribution in [-0.4, -0.2) is 39.5 Å². The number of carboxylic acid groups (broad SMARTS) is 1. The number of unbranched alkanes of at least 4 members (excludes halogenated alkanes) is 3. The van der Waals surface area contributed by atoms with Crippen molar-refractivity contribution in [3.05, 3.63) is 77.4 Å². The minimum absolute atomic E-state index is 0.0204. The van der Waals surface area contributed by atoms with Crippen molar-refractivity contribution in [2.24, 2.45) is 0 Å². The highest BCUT2D eigenvalue weighted by Crippen LogP contribution is 2.30. The summed E-state index contributed by atoms with van der Waals surface area (Å²) in [5, 5.41) is 44.2. The average molecular weight is 452 g/mol. The molecule has 3 rings (SSSR count). The van der Waals surface area contributed by atoms with Gasteiger partial charge in [-0.2, -0.15) is 0 Å². The van der Waals surface area contributed by atoms with Gasteiger partial charge in [0, 0.05) is 12.1 Å². The molecule has 0 radical (unpaired) electrons. The number of carbonyl (C=O) groups is 1. The third-order valence-corrected chi connectivity index (χ3v) is 6.09. The van der Waals surface area contributed by atoms with Gasteiger partial charge in [0.25, 0.3) is 0 Å². The molecule has 2 atom stereocenters. The molecule has 3 aromatic rings. The molecular formula is C27H33NO5. The fraction of sp³-hybridized carbons (Fsp3) is 0.370. The van der Waals surface area contributed by atoms with Crippen LogP contribution in [0.2, 0.25) is 0 Å². The van der Waals surface area contributed by atoms with E-state index in [4.69, 9.17) is 0 Å². The molecule has 0 fully saturated rings. The van der Waals surface area contributed by atoms with E-state index in [9.17, 15) is 25.2 Å². The Morgan fingerprint density at radius 2 is 1.70 bits per heavy atom. The van der Waals surface area contributed by atoms with E-state index in [2.05, 4.69) is 5.32 Å². The SMILES string of the molecule is O=C(O)C(CCCCCCNCC(O)c1ccc(O)c(CO)c1)c1cccc2ccccc12. The number of carboxylic acids is 1. The maximum absolute atomic E-state index is 11.9. The standard InChI is InChI=1S/C27H33NO5/c29-18-21-16-20(13-14-25(21)30)26(31)17-28-15-6-2-1-3-11-24(27(32)33)23-12-7-9-19-8-4-5-10-22(19)23/h4-5,7-10,12-14,16,24,26,28-31H,1-3,6,11,15,17-18H2,(H,32,33). The predicted molar refractivity (Wildman–Crippen MR) is 129 cm³/mol. The van der Waals surface area contributed by atoms with Gasteiger partial charge in [0.15, 0.2) is 0 Å². The highest BCUT2D eigenvalue weighted by molar-refractivity contribution is 5.90. The van der Waals surface area contributed by atoms with Crippen molar-refractivity contribution in [2.75, 3.05) is 13.1 Å². The number of nitrogens with one attached hydrogen (secondary N) is 1. The number of aromatic hydroxyl groups is 1. The lowest BCUT2D eigenvalue weighted by Crippen LogP contribution is -2.22. The Hall–Kier alpha value is -2.93. The van der Waals surface area contributed by atoms with Crippen molar-refractivity contribution in [3.8, 4) is 5.75 Å². The van der Waals surface area contributed by atoms with Crippen molar-refractivity contribution in [2.45, 2.75) is 50.7 Å². The van der Waals surface area contributed by atoms with Crippen LogP contribution >= 0.6 is 0 Å². The molecule has 0 aliphatic carbocycles. The Balaban J connectivity index is 1.38. The molecule has 0 aliphatic rings. The van der Waals surface area contributed by atoms with Crippen LogP contribution in [0.25, 0.3) is 10.8 Å². The third kappa shape index (κ3) is 6.78. The zero-order chi connectivity index (χ0) is 23.6. The molecule has 0 saturated heterocycles. The molecule has 3 aromatic carbocycles. The number of fused-ring (bicyclic) bond motifs is 1. The van der Waals surface area contributed by atoms with Crippen LogP contribution in [0.5, 0.6) is 5.75 Å². The molecule has 0 spiro atoms. The number of rotatable bonds is 13. The summed E-state index contributed by atoms with van der Waals surface area (Å²) in [5.74, 6) is -1.26. The molecule has 5 N–H and O–H groups in total. The Morgan fingerprint density at radius 3 is 2.48 bits per heavy atom. The van der Waals surface area contributed by atoms with Crippen LogP contribution in [-0.2, 0) is 11.4 Å². The molecule has 0 aromatic heterocycles. The molecule has 0 bridgehead atoms. The summed E-state index contributed by atoms with van der Waals surface area (Å²) < 4.78 is 0. The van der Waals surface area contributed by atoms with E-state index in [0.29, 0.717) is 24.1 Å². The summed E-state index contributed by atoms with van der Waals surface area (Å²) in [6.45, 7) is 0.870. The minimum Gasteiger partial charge on any atom is -0.508 e. The van der Waals surface area contributed by atoms with E-state index in [0.717, 1.165) is 48.6 Å². The second kappa shape index (κ2) is 12.3. The van der Waals surface area contributed by atoms with E-state index in [-0.39, 0.29) is 12.4 Å². The number of benzene rings is 3. The van der Waals surface area contributed by atoms with Gasteiger partial charge in [-0.1, -0.05) is 67.8 Å². The summed E-state index contributed by atoms with van der Waals surface area (Å²) >= 11 is 0. The van der Waals surface area contributed by atoms with Gasteiger partial charge < -0.3 is 25.7 Å². The Morgan fingerprint density at radius 1 is 0.939 bits per heavy atom. The molecule has 0 saturated carbocycles. The van der Waals surface area contributed by atoms with Crippen LogP contribution in [0.4, 0.5) is 0 Å². The highest BCUT2D eigenvalue weighted by Gasteiger charge is 2.21. The van der Waals surface area contributed by atoms with Gasteiger partial charge in [-0.25, -0.2) is 0 Å². The first-order valence-corrected chi connectivity index (χ1v) is 11.5. The number of aliphatic carboxylic acids is 1. The van der Waals surface area contributed by atoms with Gasteiger partial charge in [-0.05, 0) is 53.4 Å². The minimum atomic E-state index is -0.777. The molecule has 6 nitrogen and oxygen atoms in total. The first-order valence-electron chi connectivity index (χ1n) is 11.5. The Kier molecular flexibility index (Phi) is 9.24. The molecule has 33 heavy (non-hydrogen) atoms. The maximum Gasteiger partial charge on any atom is 0.310 e. The number of aliphatic hydroxyl groups excluding tert-OH is 2. The van der Waals surface area contributed by atoms with Crippen molar-refractivity contribution in [1.29, 1.82) is 0 Å². The lowest BCUT2D eigenvalue weighted by Gasteiger charge is -2.15. The van der Waals surface area contributed by atoms with E-state index in [1.54, 1.807) is 12.1 Å². The third-order valence-electron chi connectivity index (χ3n) is 6.09. The van der Waals surface area contributed by atoms with E-state index in [1.165, 1.54) is 6.07 Å². The number of hydrogen-bond acceptors (Lipinski definition) is 5. The van der Waals surface area contributed by atoms with Gasteiger partial charge in [0.05, 0.1) is 18.6 Å². The first-order chi connectivity index (χ1) is 16.0. The Labute approximate surface area is 194 Å². The monoisotopic (exact) mass is 451 g/mol. The summed E-state index contributed by atoms with van der Waals surface area (Å²) in [6.07, 6.45) is 3.63. The van der Waals surface area contributed by atoms with Gasteiger partial charge in [-0.3, -0.25) is 4.79 Å². The molecule has 2 unspecified atom stereocenters. The summed E-state index contributed by atoms with van der Waals surface area (Å²) in [6, 6.07) is 18.5. The van der Waals surface area contributed by atoms with Crippen LogP contribution in [0.1, 0.15) is 60.8 Å². The fourth-order valence-electron chi connectivity index (χ4n) is 4.21. The summed E-state index contributed by atoms with van der Waals surface area (Å²) in [5.41, 5.74) is 1.93.